The van der Waals surface area contributed by atoms with Crippen LogP contribution in [0.4, 0.5) is 0 Å². The lowest BCUT2D eigenvalue weighted by atomic mass is 9.92. The van der Waals surface area contributed by atoms with Crippen LogP contribution in [-0.4, -0.2) is 17.8 Å². The first-order valence-electron chi connectivity index (χ1n) is 4.78. The predicted molar refractivity (Wildman–Crippen MR) is 60.1 cm³/mol. The van der Waals surface area contributed by atoms with Crippen molar-refractivity contribution in [1.82, 2.24) is 5.32 Å². The van der Waals surface area contributed by atoms with Crippen LogP contribution in [0.2, 0.25) is 0 Å². The topological polar surface area (TPSA) is 29.1 Å². The SMILES string of the molecule is CC(C)(C)CC(=O)NCCCCBr. The van der Waals surface area contributed by atoms with E-state index >= 15 is 0 Å². The van der Waals surface area contributed by atoms with Crippen molar-refractivity contribution in [2.24, 2.45) is 5.41 Å². The first-order chi connectivity index (χ1) is 5.95. The molecule has 1 amide bonds. The minimum absolute atomic E-state index is 0.0967. The third-order valence-electron chi connectivity index (χ3n) is 1.57. The van der Waals surface area contributed by atoms with Crippen LogP contribution in [0.5, 0.6) is 0 Å². The van der Waals surface area contributed by atoms with Gasteiger partial charge in [-0.15, -0.1) is 0 Å². The average Bonchev–Trinajstić information content (AvgIpc) is 1.94. The molecule has 0 aromatic heterocycles. The third kappa shape index (κ3) is 9.87. The minimum atomic E-state index is 0.0967. The molecule has 0 fully saturated rings. The molecular formula is C10H20BrNO. The van der Waals surface area contributed by atoms with Crippen LogP contribution in [0, 0.1) is 5.41 Å². The van der Waals surface area contributed by atoms with Gasteiger partial charge in [0.15, 0.2) is 0 Å². The van der Waals surface area contributed by atoms with E-state index in [1.165, 1.54) is 0 Å². The van der Waals surface area contributed by atoms with Crippen molar-refractivity contribution in [3.63, 3.8) is 0 Å². The van der Waals surface area contributed by atoms with E-state index < -0.39 is 0 Å². The lowest BCUT2D eigenvalue weighted by Crippen LogP contribution is -2.28. The Morgan fingerprint density at radius 2 is 1.92 bits per heavy atom. The summed E-state index contributed by atoms with van der Waals surface area (Å²) in [5.41, 5.74) is 0.0967. The van der Waals surface area contributed by atoms with Gasteiger partial charge in [0.05, 0.1) is 0 Å². The Kier molecular flexibility index (Phi) is 6.39. The molecule has 3 heteroatoms. The molecule has 0 atom stereocenters. The first kappa shape index (κ1) is 12.9. The monoisotopic (exact) mass is 249 g/mol. The van der Waals surface area contributed by atoms with Gasteiger partial charge in [-0.2, -0.15) is 0 Å². The third-order valence-corrected chi connectivity index (χ3v) is 2.13. The highest BCUT2D eigenvalue weighted by Gasteiger charge is 2.14. The molecule has 0 bridgehead atoms. The highest BCUT2D eigenvalue weighted by atomic mass is 79.9. The van der Waals surface area contributed by atoms with Crippen molar-refractivity contribution in [3.8, 4) is 0 Å². The maximum absolute atomic E-state index is 11.3. The summed E-state index contributed by atoms with van der Waals surface area (Å²) in [5.74, 6) is 0.169. The van der Waals surface area contributed by atoms with Crippen molar-refractivity contribution >= 4 is 21.8 Å². The lowest BCUT2D eigenvalue weighted by Gasteiger charge is -2.17. The number of hydrogen-bond donors (Lipinski definition) is 1. The molecule has 0 aromatic rings. The molecule has 13 heavy (non-hydrogen) atoms. The van der Waals surface area contributed by atoms with Crippen LogP contribution in [0.3, 0.4) is 0 Å². The van der Waals surface area contributed by atoms with E-state index in [0.717, 1.165) is 24.7 Å². The number of amides is 1. The molecule has 0 radical (unpaired) electrons. The number of carbonyl (C=O) groups is 1. The van der Waals surface area contributed by atoms with Gasteiger partial charge >= 0.3 is 0 Å². The Morgan fingerprint density at radius 3 is 2.38 bits per heavy atom. The fraction of sp³-hybridized carbons (Fsp3) is 0.900. The van der Waals surface area contributed by atoms with E-state index in [9.17, 15) is 4.79 Å². The van der Waals surface area contributed by atoms with Gasteiger partial charge in [-0.1, -0.05) is 36.7 Å². The second-order valence-corrected chi connectivity index (χ2v) is 5.28. The number of alkyl halides is 1. The summed E-state index contributed by atoms with van der Waals surface area (Å²) in [7, 11) is 0. The molecule has 0 aromatic carbocycles. The maximum Gasteiger partial charge on any atom is 0.220 e. The Bertz CT molecular complexity index is 151. The van der Waals surface area contributed by atoms with Crippen molar-refractivity contribution < 1.29 is 4.79 Å². The standard InChI is InChI=1S/C10H20BrNO/c1-10(2,3)8-9(13)12-7-5-4-6-11/h4-8H2,1-3H3,(H,12,13). The van der Waals surface area contributed by atoms with Gasteiger partial charge in [-0.3, -0.25) is 4.79 Å². The average molecular weight is 250 g/mol. The minimum Gasteiger partial charge on any atom is -0.356 e. The van der Waals surface area contributed by atoms with E-state index in [0.29, 0.717) is 6.42 Å². The molecule has 0 spiro atoms. The highest BCUT2D eigenvalue weighted by Crippen LogP contribution is 2.17. The molecule has 2 nitrogen and oxygen atoms in total. The summed E-state index contributed by atoms with van der Waals surface area (Å²) in [6, 6.07) is 0. The Balaban J connectivity index is 3.41. The summed E-state index contributed by atoms with van der Waals surface area (Å²) >= 11 is 3.35. The van der Waals surface area contributed by atoms with E-state index in [-0.39, 0.29) is 11.3 Å². The summed E-state index contributed by atoms with van der Waals surface area (Å²) in [6.45, 7) is 7.03. The molecule has 78 valence electrons. The van der Waals surface area contributed by atoms with Crippen LogP contribution in [0.25, 0.3) is 0 Å². The van der Waals surface area contributed by atoms with Gasteiger partial charge in [-0.05, 0) is 18.3 Å². The van der Waals surface area contributed by atoms with Gasteiger partial charge in [0.1, 0.15) is 0 Å². The molecule has 0 rings (SSSR count). The number of carbonyl (C=O) groups excluding carboxylic acids is 1. The predicted octanol–water partition coefficient (Wildman–Crippen LogP) is 2.71. The van der Waals surface area contributed by atoms with E-state index in [2.05, 4.69) is 42.0 Å². The summed E-state index contributed by atoms with van der Waals surface area (Å²) < 4.78 is 0. The summed E-state index contributed by atoms with van der Waals surface area (Å²) in [5, 5.41) is 3.93. The van der Waals surface area contributed by atoms with Gasteiger partial charge < -0.3 is 5.32 Å². The largest absolute Gasteiger partial charge is 0.356 e. The fourth-order valence-electron chi connectivity index (χ4n) is 0.991. The number of rotatable bonds is 5. The molecule has 1 N–H and O–H groups in total. The zero-order valence-corrected chi connectivity index (χ0v) is 10.4. The van der Waals surface area contributed by atoms with E-state index in [1.807, 2.05) is 0 Å². The van der Waals surface area contributed by atoms with E-state index in [1.54, 1.807) is 0 Å². The highest BCUT2D eigenvalue weighted by molar-refractivity contribution is 9.09. The van der Waals surface area contributed by atoms with E-state index in [4.69, 9.17) is 0 Å². The second kappa shape index (κ2) is 6.41. The zero-order valence-electron chi connectivity index (χ0n) is 8.82. The molecular weight excluding hydrogens is 230 g/mol. The van der Waals surface area contributed by atoms with Crippen LogP contribution >= 0.6 is 15.9 Å². The fourth-order valence-corrected chi connectivity index (χ4v) is 1.39. The van der Waals surface area contributed by atoms with Crippen molar-refractivity contribution in [2.75, 3.05) is 11.9 Å². The smallest absolute Gasteiger partial charge is 0.220 e. The Morgan fingerprint density at radius 1 is 1.31 bits per heavy atom. The molecule has 0 saturated carbocycles. The van der Waals surface area contributed by atoms with Gasteiger partial charge in [0.2, 0.25) is 5.91 Å². The van der Waals surface area contributed by atoms with Crippen LogP contribution in [0.1, 0.15) is 40.0 Å². The molecule has 0 aliphatic rings. The number of unbranched alkanes of at least 4 members (excludes halogenated alkanes) is 1. The molecule has 0 unspecified atom stereocenters. The summed E-state index contributed by atoms with van der Waals surface area (Å²) in [4.78, 5) is 11.3. The Hall–Kier alpha value is -0.0500. The lowest BCUT2D eigenvalue weighted by molar-refractivity contribution is -0.122. The van der Waals surface area contributed by atoms with Crippen molar-refractivity contribution in [3.05, 3.63) is 0 Å². The van der Waals surface area contributed by atoms with Crippen molar-refractivity contribution in [1.29, 1.82) is 0 Å². The van der Waals surface area contributed by atoms with Gasteiger partial charge in [0, 0.05) is 18.3 Å². The number of halogens is 1. The molecule has 0 heterocycles. The van der Waals surface area contributed by atoms with Crippen LogP contribution in [0.15, 0.2) is 0 Å². The normalized spacial score (nSPS) is 11.4. The van der Waals surface area contributed by atoms with Gasteiger partial charge in [-0.25, -0.2) is 0 Å². The van der Waals surface area contributed by atoms with Crippen LogP contribution < -0.4 is 5.32 Å². The molecule has 0 aliphatic carbocycles. The van der Waals surface area contributed by atoms with Crippen LogP contribution in [-0.2, 0) is 4.79 Å². The first-order valence-corrected chi connectivity index (χ1v) is 5.90. The summed E-state index contributed by atoms with van der Waals surface area (Å²) in [6.07, 6.45) is 2.79. The maximum atomic E-state index is 11.3. The van der Waals surface area contributed by atoms with Gasteiger partial charge in [0.25, 0.3) is 0 Å². The number of hydrogen-bond acceptors (Lipinski definition) is 1. The molecule has 0 saturated heterocycles. The molecule has 0 aliphatic heterocycles. The Labute approximate surface area is 89.6 Å². The second-order valence-electron chi connectivity index (χ2n) is 4.48. The quantitative estimate of drug-likeness (QED) is 0.590. The number of nitrogens with one attached hydrogen (secondary N) is 1. The van der Waals surface area contributed by atoms with Crippen molar-refractivity contribution in [2.45, 2.75) is 40.0 Å². The zero-order chi connectivity index (χ0) is 10.3.